The Morgan fingerprint density at radius 3 is 1.90 bits per heavy atom. The van der Waals surface area contributed by atoms with Crippen molar-refractivity contribution in [3.63, 3.8) is 0 Å². The number of ether oxygens (including phenoxy) is 4. The molecule has 0 amide bonds. The third-order valence-corrected chi connectivity index (χ3v) is 23.9. The summed E-state index contributed by atoms with van der Waals surface area (Å²) < 4.78 is 74.7. The van der Waals surface area contributed by atoms with Gasteiger partial charge in [-0.15, -0.1) is 0 Å². The lowest BCUT2D eigenvalue weighted by atomic mass is 9.95. The lowest BCUT2D eigenvalue weighted by Gasteiger charge is -2.56. The number of aryl methyl sites for hydroxylation is 1. The quantitative estimate of drug-likeness (QED) is 0.212. The maximum absolute atomic E-state index is 13.5. The van der Waals surface area contributed by atoms with Crippen molar-refractivity contribution >= 4 is 26.7 Å². The second-order valence-corrected chi connectivity index (χ2v) is 30.7. The van der Waals surface area contributed by atoms with Gasteiger partial charge in [-0.1, -0.05) is 80.0 Å². The van der Waals surface area contributed by atoms with Gasteiger partial charge in [0.1, 0.15) is 12.2 Å². The number of sulfone groups is 1. The summed E-state index contributed by atoms with van der Waals surface area (Å²) in [6, 6.07) is 7.00. The van der Waals surface area contributed by atoms with Crippen LogP contribution in [0.1, 0.15) is 106 Å². The molecular weight excluding hydrogens is 689 g/mol. The average molecular weight is 753 g/mol. The highest BCUT2D eigenvalue weighted by Crippen LogP contribution is 2.55. The number of rotatable bonds is 6. The molecule has 5 aliphatic rings. The molecule has 0 aliphatic carbocycles. The van der Waals surface area contributed by atoms with E-state index in [0.717, 1.165) is 37.7 Å². The molecule has 284 valence electrons. The Bertz CT molecular complexity index is 1450. The van der Waals surface area contributed by atoms with E-state index >= 15 is 0 Å². The molecule has 0 aromatic heterocycles. The van der Waals surface area contributed by atoms with Crippen molar-refractivity contribution in [3.05, 3.63) is 29.8 Å². The van der Waals surface area contributed by atoms with Crippen LogP contribution in [0.25, 0.3) is 0 Å². The highest BCUT2D eigenvalue weighted by Gasteiger charge is 2.63. The molecule has 5 aliphatic heterocycles. The molecule has 0 radical (unpaired) electrons. The van der Waals surface area contributed by atoms with E-state index < -0.39 is 38.3 Å². The first-order valence-corrected chi connectivity index (χ1v) is 25.2. The molecule has 2 unspecified atom stereocenters. The van der Waals surface area contributed by atoms with Crippen molar-refractivity contribution < 1.29 is 40.6 Å². The van der Waals surface area contributed by atoms with Gasteiger partial charge in [0, 0.05) is 22.9 Å². The van der Waals surface area contributed by atoms with E-state index in [4.69, 9.17) is 32.2 Å². The zero-order valence-corrected chi connectivity index (χ0v) is 35.4. The summed E-state index contributed by atoms with van der Waals surface area (Å²) in [5.41, 5.74) is 0.148. The van der Waals surface area contributed by atoms with Gasteiger partial charge < -0.3 is 32.2 Å². The van der Waals surface area contributed by atoms with E-state index in [1.54, 1.807) is 12.1 Å². The summed E-state index contributed by atoms with van der Waals surface area (Å²) >= 11 is 0. The second-order valence-electron chi connectivity index (χ2n) is 19.2. The van der Waals surface area contributed by atoms with Gasteiger partial charge in [0.25, 0.3) is 0 Å². The third kappa shape index (κ3) is 7.50. The monoisotopic (exact) mass is 752 g/mol. The number of hydrogen-bond acceptors (Lipinski definition) is 9. The molecule has 0 saturated carbocycles. The fourth-order valence-electron chi connectivity index (χ4n) is 8.58. The van der Waals surface area contributed by atoms with Crippen LogP contribution in [0.5, 0.6) is 0 Å². The summed E-state index contributed by atoms with van der Waals surface area (Å²) in [7, 11) is -8.44. The van der Waals surface area contributed by atoms with E-state index in [-0.39, 0.29) is 63.9 Å². The van der Waals surface area contributed by atoms with Gasteiger partial charge >= 0.3 is 8.56 Å². The normalized spacial score (nSPS) is 36.7. The highest BCUT2D eigenvalue weighted by molar-refractivity contribution is 7.92. The first-order chi connectivity index (χ1) is 23.0. The minimum Gasteiger partial charge on any atom is -0.411 e. The van der Waals surface area contributed by atoms with Crippen molar-refractivity contribution in [1.29, 1.82) is 0 Å². The number of fused-ring (bicyclic) bond motifs is 3. The molecular formula is C38H64O9SSi2. The topological polar surface area (TPSA) is 102 Å². The van der Waals surface area contributed by atoms with Crippen molar-refractivity contribution in [3.8, 4) is 0 Å². The van der Waals surface area contributed by atoms with E-state index in [0.29, 0.717) is 17.9 Å². The Labute approximate surface area is 304 Å². The Morgan fingerprint density at radius 2 is 1.30 bits per heavy atom. The van der Waals surface area contributed by atoms with Crippen molar-refractivity contribution in [1.82, 2.24) is 0 Å². The molecule has 1 aromatic rings. The lowest BCUT2D eigenvalue weighted by molar-refractivity contribution is -0.218. The van der Waals surface area contributed by atoms with Gasteiger partial charge in [-0.3, -0.25) is 0 Å². The van der Waals surface area contributed by atoms with E-state index in [1.165, 1.54) is 0 Å². The van der Waals surface area contributed by atoms with Crippen LogP contribution in [0.15, 0.2) is 29.2 Å². The van der Waals surface area contributed by atoms with E-state index in [9.17, 15) is 8.42 Å². The van der Waals surface area contributed by atoms with Crippen LogP contribution in [-0.2, 0) is 42.1 Å². The Morgan fingerprint density at radius 1 is 0.740 bits per heavy atom. The minimum absolute atomic E-state index is 0.0174. The largest absolute Gasteiger partial charge is 0.411 e. The van der Waals surface area contributed by atoms with Crippen molar-refractivity contribution in [2.24, 2.45) is 0 Å². The predicted molar refractivity (Wildman–Crippen MR) is 199 cm³/mol. The summed E-state index contributed by atoms with van der Waals surface area (Å²) in [4.78, 5) is 0.297. The molecule has 5 heterocycles. The van der Waals surface area contributed by atoms with Crippen molar-refractivity contribution in [2.75, 3.05) is 6.61 Å². The highest BCUT2D eigenvalue weighted by atomic mass is 32.2. The van der Waals surface area contributed by atoms with E-state index in [2.05, 4.69) is 75.4 Å². The molecule has 9 nitrogen and oxygen atoms in total. The third-order valence-electron chi connectivity index (χ3n) is 12.3. The Hall–Kier alpha value is -0.676. The van der Waals surface area contributed by atoms with Crippen LogP contribution < -0.4 is 0 Å². The molecule has 0 N–H and O–H groups in total. The standard InChI is InChI=1S/C38H64O9SSi2/c1-24-13-15-25(16-14-24)48(39,40)35-33(45-35)22-31-29(46-49(11,12)36(2,3)4)20-19-27-26(43-31)17-18-28-30(42-27)21-32-34(44-28)23-41-50(47-32,37(5,6)7)38(8,9)10/h13-16,26-35H,17-23H2,1-12H3/t26-,27+,28+,29-,30-,31+,32+,33?,34-,35?/m1/s1. The van der Waals surface area contributed by atoms with Gasteiger partial charge in [-0.25, -0.2) is 8.42 Å². The smallest absolute Gasteiger partial charge is 0.349 e. The second kappa shape index (κ2) is 13.6. The SMILES string of the molecule is Cc1ccc(S(=O)(=O)C2OC2C[C@@H]2O[C@@H]3CC[C@@H]4O[C@@H]5CO[Si](C(C)(C)C)(C(C)(C)C)O[C@H]5C[C@H]4O[C@H]3CC[C@H]2O[Si](C)(C)C(C)(C)C)cc1. The van der Waals surface area contributed by atoms with Crippen LogP contribution in [0.3, 0.4) is 0 Å². The zero-order valence-electron chi connectivity index (χ0n) is 32.6. The molecule has 0 bridgehead atoms. The summed E-state index contributed by atoms with van der Waals surface area (Å²) in [6.07, 6.45) is 2.94. The van der Waals surface area contributed by atoms with Gasteiger partial charge in [-0.2, -0.15) is 0 Å². The number of epoxide rings is 1. The van der Waals surface area contributed by atoms with Crippen LogP contribution in [0, 0.1) is 6.92 Å². The van der Waals surface area contributed by atoms with Crippen LogP contribution >= 0.6 is 0 Å². The maximum atomic E-state index is 13.5. The van der Waals surface area contributed by atoms with Gasteiger partial charge in [0.05, 0.1) is 54.2 Å². The molecule has 5 saturated heterocycles. The zero-order chi connectivity index (χ0) is 36.7. The van der Waals surface area contributed by atoms with Crippen LogP contribution in [0.2, 0.25) is 28.2 Å². The molecule has 10 atom stereocenters. The Balaban J connectivity index is 1.19. The fourth-order valence-corrected chi connectivity index (χ4v) is 16.5. The Kier molecular flexibility index (Phi) is 10.6. The summed E-state index contributed by atoms with van der Waals surface area (Å²) in [5.74, 6) is 0. The molecule has 12 heteroatoms. The number of hydrogen-bond donors (Lipinski definition) is 0. The minimum atomic E-state index is -3.62. The summed E-state index contributed by atoms with van der Waals surface area (Å²) in [6.45, 7) is 27.3. The van der Waals surface area contributed by atoms with E-state index in [1.807, 2.05) is 19.1 Å². The molecule has 6 rings (SSSR count). The lowest BCUT2D eigenvalue weighted by Crippen LogP contribution is -2.67. The molecule has 1 aromatic carbocycles. The fraction of sp³-hybridized carbons (Fsp3) is 0.842. The van der Waals surface area contributed by atoms with Gasteiger partial charge in [-0.05, 0) is 62.9 Å². The first kappa shape index (κ1) is 39.0. The van der Waals surface area contributed by atoms with Gasteiger partial charge in [0.2, 0.25) is 9.84 Å². The van der Waals surface area contributed by atoms with Gasteiger partial charge in [0.15, 0.2) is 13.8 Å². The van der Waals surface area contributed by atoms with Crippen LogP contribution in [0.4, 0.5) is 0 Å². The average Bonchev–Trinajstić information content (AvgIpc) is 3.81. The maximum Gasteiger partial charge on any atom is 0.349 e. The molecule has 5 fully saturated rings. The van der Waals surface area contributed by atoms with Crippen molar-refractivity contribution in [2.45, 2.75) is 201 Å². The first-order valence-electron chi connectivity index (χ1n) is 18.9. The predicted octanol–water partition coefficient (Wildman–Crippen LogP) is 7.98. The number of benzene rings is 1. The molecule has 50 heavy (non-hydrogen) atoms. The van der Waals surface area contributed by atoms with Crippen LogP contribution in [-0.4, -0.2) is 92.3 Å². The molecule has 0 spiro atoms. The summed E-state index contributed by atoms with van der Waals surface area (Å²) in [5, 5.41) is -0.186.